The van der Waals surface area contributed by atoms with Gasteiger partial charge in [-0.1, -0.05) is 23.9 Å². The number of carbonyl (C=O) groups excluding carboxylic acids is 1. The van der Waals surface area contributed by atoms with Gasteiger partial charge in [-0.3, -0.25) is 9.59 Å². The molecule has 1 heterocycles. The lowest BCUT2D eigenvalue weighted by atomic mass is 9.88. The molecule has 0 bridgehead atoms. The first-order chi connectivity index (χ1) is 12.7. The van der Waals surface area contributed by atoms with Crippen LogP contribution >= 0.6 is 11.8 Å². The summed E-state index contributed by atoms with van der Waals surface area (Å²) in [6, 6.07) is 8.88. The minimum atomic E-state index is -1.07. The van der Waals surface area contributed by atoms with Crippen molar-refractivity contribution < 1.29 is 19.4 Å². The fourth-order valence-electron chi connectivity index (χ4n) is 2.72. The molecule has 1 aromatic heterocycles. The van der Waals surface area contributed by atoms with Gasteiger partial charge in [0.15, 0.2) is 5.16 Å². The molecule has 7 nitrogen and oxygen atoms in total. The molecule has 1 amide bonds. The molecule has 0 fully saturated rings. The van der Waals surface area contributed by atoms with E-state index in [1.54, 1.807) is 31.2 Å². The van der Waals surface area contributed by atoms with Crippen LogP contribution < -0.4 is 10.1 Å². The number of amides is 1. The Labute approximate surface area is 162 Å². The topological polar surface area (TPSA) is 101 Å². The lowest BCUT2D eigenvalue weighted by Gasteiger charge is -2.30. The number of thioether (sulfide) groups is 1. The molecule has 1 aromatic carbocycles. The molecule has 144 valence electrons. The second-order valence-corrected chi connectivity index (χ2v) is 7.35. The van der Waals surface area contributed by atoms with Gasteiger partial charge in [0.2, 0.25) is 5.91 Å². The van der Waals surface area contributed by atoms with E-state index in [0.29, 0.717) is 16.5 Å². The molecule has 2 N–H and O–H groups in total. The monoisotopic (exact) mass is 389 g/mol. The number of aromatic nitrogens is 2. The summed E-state index contributed by atoms with van der Waals surface area (Å²) in [5.41, 5.74) is 1.25. The third-order valence-electron chi connectivity index (χ3n) is 3.92. The fraction of sp³-hybridized carbons (Fsp3) is 0.368. The van der Waals surface area contributed by atoms with Gasteiger partial charge in [0.1, 0.15) is 5.75 Å². The molecule has 0 radical (unpaired) electrons. The maximum Gasteiger partial charge on any atom is 0.306 e. The van der Waals surface area contributed by atoms with Gasteiger partial charge >= 0.3 is 5.97 Å². The van der Waals surface area contributed by atoms with Crippen molar-refractivity contribution in [1.82, 2.24) is 15.3 Å². The zero-order valence-electron chi connectivity index (χ0n) is 15.8. The standard InChI is InChI=1S/C19H23N3O4S/c1-12-8-13(2)21-18(20-12)27-11-16(23)22-19(3,10-17(24)25)14-6-5-7-15(9-14)26-4/h5-9H,10-11H2,1-4H3,(H,22,23)(H,24,25). The van der Waals surface area contributed by atoms with Crippen LogP contribution in [0, 0.1) is 13.8 Å². The normalized spacial score (nSPS) is 12.9. The third kappa shape index (κ3) is 5.96. The van der Waals surface area contributed by atoms with E-state index in [4.69, 9.17) is 4.74 Å². The lowest BCUT2D eigenvalue weighted by molar-refractivity contribution is -0.139. The zero-order valence-corrected chi connectivity index (χ0v) is 16.6. The summed E-state index contributed by atoms with van der Waals surface area (Å²) in [7, 11) is 1.53. The number of carbonyl (C=O) groups is 2. The molecule has 0 aliphatic carbocycles. The van der Waals surface area contributed by atoms with E-state index < -0.39 is 11.5 Å². The summed E-state index contributed by atoms with van der Waals surface area (Å²) in [5, 5.41) is 12.7. The van der Waals surface area contributed by atoms with Crippen LogP contribution in [0.5, 0.6) is 5.75 Å². The predicted octanol–water partition coefficient (Wildman–Crippen LogP) is 2.70. The Morgan fingerprint density at radius 2 is 1.89 bits per heavy atom. The Balaban J connectivity index is 2.14. The molecule has 8 heteroatoms. The lowest BCUT2D eigenvalue weighted by Crippen LogP contribution is -2.45. The highest BCUT2D eigenvalue weighted by Gasteiger charge is 2.32. The smallest absolute Gasteiger partial charge is 0.306 e. The summed E-state index contributed by atoms with van der Waals surface area (Å²) >= 11 is 1.21. The van der Waals surface area contributed by atoms with E-state index in [2.05, 4.69) is 15.3 Å². The molecule has 0 saturated heterocycles. The van der Waals surface area contributed by atoms with Crippen molar-refractivity contribution in [3.8, 4) is 5.75 Å². The van der Waals surface area contributed by atoms with Gasteiger partial charge in [0.25, 0.3) is 0 Å². The number of carboxylic acids is 1. The number of rotatable bonds is 8. The molecule has 0 spiro atoms. The van der Waals surface area contributed by atoms with Crippen molar-refractivity contribution in [3.63, 3.8) is 0 Å². The molecule has 0 aliphatic rings. The van der Waals surface area contributed by atoms with Crippen molar-refractivity contribution in [1.29, 1.82) is 0 Å². The van der Waals surface area contributed by atoms with E-state index in [1.165, 1.54) is 18.9 Å². The van der Waals surface area contributed by atoms with Gasteiger partial charge in [-0.15, -0.1) is 0 Å². The average molecular weight is 389 g/mol. The van der Waals surface area contributed by atoms with Crippen LogP contribution in [-0.2, 0) is 15.1 Å². The highest BCUT2D eigenvalue weighted by Crippen LogP contribution is 2.28. The number of nitrogens with one attached hydrogen (secondary N) is 1. The van der Waals surface area contributed by atoms with E-state index in [1.807, 2.05) is 19.9 Å². The van der Waals surface area contributed by atoms with Crippen LogP contribution in [0.25, 0.3) is 0 Å². The second-order valence-electron chi connectivity index (χ2n) is 6.40. The number of nitrogens with zero attached hydrogens (tertiary/aromatic N) is 2. The molecule has 2 aromatic rings. The number of carboxylic acid groups (broad SMARTS) is 1. The Hall–Kier alpha value is -2.61. The molecule has 27 heavy (non-hydrogen) atoms. The molecule has 0 saturated carbocycles. The summed E-state index contributed by atoms with van der Waals surface area (Å²) in [6.45, 7) is 5.42. The molecular formula is C19H23N3O4S. The average Bonchev–Trinajstić information content (AvgIpc) is 2.58. The number of methoxy groups -OCH3 is 1. The molecule has 1 unspecified atom stereocenters. The van der Waals surface area contributed by atoms with E-state index in [-0.39, 0.29) is 18.1 Å². The number of aryl methyl sites for hydroxylation is 2. The summed E-state index contributed by atoms with van der Waals surface area (Å²) in [6.07, 6.45) is -0.253. The minimum absolute atomic E-state index is 0.0854. The summed E-state index contributed by atoms with van der Waals surface area (Å²) in [4.78, 5) is 32.5. The summed E-state index contributed by atoms with van der Waals surface area (Å²) < 4.78 is 5.21. The van der Waals surface area contributed by atoms with Gasteiger partial charge < -0.3 is 15.2 Å². The van der Waals surface area contributed by atoms with Crippen LogP contribution in [0.2, 0.25) is 0 Å². The van der Waals surface area contributed by atoms with Gasteiger partial charge in [0, 0.05) is 11.4 Å². The van der Waals surface area contributed by atoms with Gasteiger partial charge in [-0.05, 0) is 44.5 Å². The minimum Gasteiger partial charge on any atom is -0.497 e. The largest absolute Gasteiger partial charge is 0.497 e. The van der Waals surface area contributed by atoms with Crippen LogP contribution in [0.15, 0.2) is 35.5 Å². The van der Waals surface area contributed by atoms with Crippen LogP contribution in [0.1, 0.15) is 30.3 Å². The third-order valence-corrected chi connectivity index (χ3v) is 4.77. The first kappa shape index (κ1) is 20.7. The number of hydrogen-bond donors (Lipinski definition) is 2. The maximum atomic E-state index is 12.5. The van der Waals surface area contributed by atoms with E-state index in [9.17, 15) is 14.7 Å². The Bertz CT molecular complexity index is 823. The van der Waals surface area contributed by atoms with Gasteiger partial charge in [-0.2, -0.15) is 0 Å². The van der Waals surface area contributed by atoms with Crippen LogP contribution in [0.3, 0.4) is 0 Å². The number of benzene rings is 1. The first-order valence-corrected chi connectivity index (χ1v) is 9.33. The summed E-state index contributed by atoms with van der Waals surface area (Å²) in [5.74, 6) is -0.626. The highest BCUT2D eigenvalue weighted by atomic mass is 32.2. The predicted molar refractivity (Wildman–Crippen MR) is 103 cm³/mol. The Morgan fingerprint density at radius 1 is 1.22 bits per heavy atom. The van der Waals surface area contributed by atoms with Crippen molar-refractivity contribution in [2.45, 2.75) is 37.9 Å². The quantitative estimate of drug-likeness (QED) is 0.529. The number of hydrogen-bond acceptors (Lipinski definition) is 6. The van der Waals surface area contributed by atoms with Crippen LogP contribution in [-0.4, -0.2) is 39.8 Å². The molecule has 2 rings (SSSR count). The molecule has 1 atom stereocenters. The number of aliphatic carboxylic acids is 1. The van der Waals surface area contributed by atoms with Crippen molar-refractivity contribution in [3.05, 3.63) is 47.3 Å². The number of ether oxygens (including phenoxy) is 1. The molecular weight excluding hydrogens is 366 g/mol. The van der Waals surface area contributed by atoms with E-state index >= 15 is 0 Å². The van der Waals surface area contributed by atoms with E-state index in [0.717, 1.165) is 11.4 Å². The molecule has 0 aliphatic heterocycles. The Kier molecular flexibility index (Phi) is 6.79. The van der Waals surface area contributed by atoms with Crippen molar-refractivity contribution in [2.24, 2.45) is 0 Å². The van der Waals surface area contributed by atoms with Gasteiger partial charge in [0.05, 0.1) is 24.8 Å². The Morgan fingerprint density at radius 3 is 2.48 bits per heavy atom. The van der Waals surface area contributed by atoms with Crippen molar-refractivity contribution >= 4 is 23.6 Å². The van der Waals surface area contributed by atoms with Crippen LogP contribution in [0.4, 0.5) is 0 Å². The SMILES string of the molecule is COc1cccc(C(C)(CC(=O)O)NC(=O)CSc2nc(C)cc(C)n2)c1. The fourth-order valence-corrected chi connectivity index (χ4v) is 3.47. The second kappa shape index (κ2) is 8.85. The highest BCUT2D eigenvalue weighted by molar-refractivity contribution is 7.99. The van der Waals surface area contributed by atoms with Crippen molar-refractivity contribution in [2.75, 3.05) is 12.9 Å². The maximum absolute atomic E-state index is 12.5. The zero-order chi connectivity index (χ0) is 20.0. The van der Waals surface area contributed by atoms with Gasteiger partial charge in [-0.25, -0.2) is 9.97 Å². The first-order valence-electron chi connectivity index (χ1n) is 8.34.